The van der Waals surface area contributed by atoms with Gasteiger partial charge in [0, 0.05) is 30.6 Å². The fourth-order valence-corrected chi connectivity index (χ4v) is 4.03. The molecule has 0 aliphatic carbocycles. The molecule has 1 unspecified atom stereocenters. The molecule has 0 bridgehead atoms. The van der Waals surface area contributed by atoms with Crippen LogP contribution in [0.5, 0.6) is 5.75 Å². The van der Waals surface area contributed by atoms with Gasteiger partial charge in [0.05, 0.1) is 31.7 Å². The number of piperidine rings is 1. The van der Waals surface area contributed by atoms with Crippen LogP contribution in [0.2, 0.25) is 0 Å². The van der Waals surface area contributed by atoms with Gasteiger partial charge < -0.3 is 14.5 Å². The Bertz CT molecular complexity index is 1090. The van der Waals surface area contributed by atoms with Crippen LogP contribution < -0.4 is 9.64 Å². The van der Waals surface area contributed by atoms with Gasteiger partial charge in [-0.2, -0.15) is 9.61 Å². The molecule has 2 aliphatic rings. The van der Waals surface area contributed by atoms with Crippen molar-refractivity contribution in [3.05, 3.63) is 42.4 Å². The van der Waals surface area contributed by atoms with Gasteiger partial charge in [0.25, 0.3) is 0 Å². The van der Waals surface area contributed by atoms with Crippen LogP contribution >= 0.6 is 0 Å². The summed E-state index contributed by atoms with van der Waals surface area (Å²) in [5, 5.41) is 4.14. The van der Waals surface area contributed by atoms with E-state index in [9.17, 15) is 9.18 Å². The number of alkyl halides is 1. The summed E-state index contributed by atoms with van der Waals surface area (Å²) in [5.74, 6) is -1.03. The number of fused-ring (bicyclic) bond motifs is 2. The molecule has 0 aromatic carbocycles. The second kappa shape index (κ2) is 7.47. The number of hydrogen-bond donors (Lipinski definition) is 0. The molecule has 5 rings (SSSR count). The molecule has 0 saturated carbocycles. The summed E-state index contributed by atoms with van der Waals surface area (Å²) < 4.78 is 36.0. The quantitative estimate of drug-likeness (QED) is 0.622. The van der Waals surface area contributed by atoms with Crippen LogP contribution in [-0.4, -0.2) is 67.8 Å². The second-order valence-electron chi connectivity index (χ2n) is 7.35. The monoisotopic (exact) mass is 415 g/mol. The predicted octanol–water partition coefficient (Wildman–Crippen LogP) is 1.24. The number of ether oxygens (including phenoxy) is 1. The Morgan fingerprint density at radius 2 is 2.13 bits per heavy atom. The SMILES string of the molecule is O=C(C1CCN(c2nccc3ncnn23)C[C@@H]1F)N1CCOc2c(F)cncc2C1. The summed E-state index contributed by atoms with van der Waals surface area (Å²) in [6.45, 7) is 1.04. The third-order valence-electron chi connectivity index (χ3n) is 5.53. The van der Waals surface area contributed by atoms with E-state index in [1.165, 1.54) is 17.4 Å². The third-order valence-corrected chi connectivity index (χ3v) is 5.53. The highest BCUT2D eigenvalue weighted by molar-refractivity contribution is 5.80. The molecule has 9 nitrogen and oxygen atoms in total. The largest absolute Gasteiger partial charge is 0.488 e. The number of carbonyl (C=O) groups is 1. The van der Waals surface area contributed by atoms with E-state index in [4.69, 9.17) is 4.74 Å². The predicted molar refractivity (Wildman–Crippen MR) is 101 cm³/mol. The van der Waals surface area contributed by atoms with Crippen LogP contribution in [0, 0.1) is 11.7 Å². The highest BCUT2D eigenvalue weighted by Gasteiger charge is 2.38. The number of hydrogen-bond acceptors (Lipinski definition) is 7. The van der Waals surface area contributed by atoms with Gasteiger partial charge in [-0.15, -0.1) is 0 Å². The van der Waals surface area contributed by atoms with E-state index in [0.29, 0.717) is 30.1 Å². The second-order valence-corrected chi connectivity index (χ2v) is 7.35. The number of pyridine rings is 1. The Morgan fingerprint density at radius 3 is 3.00 bits per heavy atom. The molecule has 0 N–H and O–H groups in total. The van der Waals surface area contributed by atoms with Crippen molar-refractivity contribution in [1.29, 1.82) is 0 Å². The fraction of sp³-hybridized carbons (Fsp3) is 0.421. The Kier molecular flexibility index (Phi) is 4.64. The highest BCUT2D eigenvalue weighted by Crippen LogP contribution is 2.29. The lowest BCUT2D eigenvalue weighted by Gasteiger charge is -2.36. The van der Waals surface area contributed by atoms with Crippen molar-refractivity contribution in [2.75, 3.05) is 31.1 Å². The maximum Gasteiger partial charge on any atom is 0.229 e. The molecule has 2 atom stereocenters. The van der Waals surface area contributed by atoms with Crippen LogP contribution in [0.3, 0.4) is 0 Å². The molecule has 3 aromatic rings. The van der Waals surface area contributed by atoms with Gasteiger partial charge in [-0.3, -0.25) is 9.78 Å². The van der Waals surface area contributed by atoms with Crippen LogP contribution in [0.1, 0.15) is 12.0 Å². The maximum atomic E-state index is 15.1. The van der Waals surface area contributed by atoms with Gasteiger partial charge >= 0.3 is 0 Å². The van der Waals surface area contributed by atoms with Crippen molar-refractivity contribution in [1.82, 2.24) is 29.5 Å². The van der Waals surface area contributed by atoms with E-state index in [1.807, 2.05) is 0 Å². The smallest absolute Gasteiger partial charge is 0.229 e. The number of anilines is 1. The van der Waals surface area contributed by atoms with E-state index < -0.39 is 17.9 Å². The molecular weight excluding hydrogens is 396 g/mol. The van der Waals surface area contributed by atoms with Crippen LogP contribution in [0.15, 0.2) is 31.0 Å². The molecular formula is C19H19F2N7O2. The van der Waals surface area contributed by atoms with Crippen molar-refractivity contribution in [3.63, 3.8) is 0 Å². The summed E-state index contributed by atoms with van der Waals surface area (Å²) in [7, 11) is 0. The van der Waals surface area contributed by atoms with E-state index >= 15 is 4.39 Å². The summed E-state index contributed by atoms with van der Waals surface area (Å²) in [5.41, 5.74) is 1.11. The zero-order chi connectivity index (χ0) is 20.7. The first-order valence-corrected chi connectivity index (χ1v) is 9.69. The van der Waals surface area contributed by atoms with Crippen LogP contribution in [0.4, 0.5) is 14.7 Å². The molecule has 0 spiro atoms. The van der Waals surface area contributed by atoms with Gasteiger partial charge in [-0.25, -0.2) is 18.7 Å². The van der Waals surface area contributed by atoms with Crippen molar-refractivity contribution in [2.24, 2.45) is 5.92 Å². The molecule has 5 heterocycles. The van der Waals surface area contributed by atoms with Crippen molar-refractivity contribution in [2.45, 2.75) is 19.1 Å². The van der Waals surface area contributed by atoms with Crippen LogP contribution in [0.25, 0.3) is 5.65 Å². The highest BCUT2D eigenvalue weighted by atomic mass is 19.1. The summed E-state index contributed by atoms with van der Waals surface area (Å²) in [6, 6.07) is 1.72. The molecule has 156 valence electrons. The first-order chi connectivity index (χ1) is 14.6. The van der Waals surface area contributed by atoms with Gasteiger partial charge in [0.1, 0.15) is 19.1 Å². The van der Waals surface area contributed by atoms with E-state index in [1.54, 1.807) is 21.7 Å². The molecule has 1 saturated heterocycles. The zero-order valence-corrected chi connectivity index (χ0v) is 16.0. The number of nitrogens with zero attached hydrogens (tertiary/aromatic N) is 7. The minimum absolute atomic E-state index is 0.0273. The van der Waals surface area contributed by atoms with Gasteiger partial charge in [-0.1, -0.05) is 0 Å². The third kappa shape index (κ3) is 3.19. The summed E-state index contributed by atoms with van der Waals surface area (Å²) >= 11 is 0. The van der Waals surface area contributed by atoms with Crippen molar-refractivity contribution in [3.8, 4) is 5.75 Å². The Morgan fingerprint density at radius 1 is 1.23 bits per heavy atom. The Balaban J connectivity index is 1.31. The minimum atomic E-state index is -1.37. The van der Waals surface area contributed by atoms with Gasteiger partial charge in [0.15, 0.2) is 17.2 Å². The number of amides is 1. The van der Waals surface area contributed by atoms with E-state index in [-0.39, 0.29) is 37.9 Å². The molecule has 2 aliphatic heterocycles. The average molecular weight is 415 g/mol. The lowest BCUT2D eigenvalue weighted by Crippen LogP contribution is -2.49. The molecule has 0 radical (unpaired) electrons. The number of carbonyl (C=O) groups excluding carboxylic acids is 1. The molecule has 1 fully saturated rings. The number of aromatic nitrogens is 5. The Hall–Kier alpha value is -3.37. The van der Waals surface area contributed by atoms with Crippen LogP contribution in [-0.2, 0) is 11.3 Å². The van der Waals surface area contributed by atoms with Gasteiger partial charge in [0.2, 0.25) is 11.9 Å². The lowest BCUT2D eigenvalue weighted by molar-refractivity contribution is -0.139. The summed E-state index contributed by atoms with van der Waals surface area (Å²) in [6.07, 6.45) is 4.53. The van der Waals surface area contributed by atoms with Gasteiger partial charge in [-0.05, 0) is 6.42 Å². The summed E-state index contributed by atoms with van der Waals surface area (Å²) in [4.78, 5) is 28.6. The number of halogens is 2. The van der Waals surface area contributed by atoms with E-state index in [0.717, 1.165) is 6.20 Å². The van der Waals surface area contributed by atoms with Crippen molar-refractivity contribution < 1.29 is 18.3 Å². The fourth-order valence-electron chi connectivity index (χ4n) is 4.03. The lowest BCUT2D eigenvalue weighted by atomic mass is 9.93. The zero-order valence-electron chi connectivity index (χ0n) is 16.0. The van der Waals surface area contributed by atoms with E-state index in [2.05, 4.69) is 20.1 Å². The van der Waals surface area contributed by atoms with Crippen molar-refractivity contribution >= 4 is 17.5 Å². The molecule has 3 aromatic heterocycles. The molecule has 11 heteroatoms. The molecule has 30 heavy (non-hydrogen) atoms. The topological polar surface area (TPSA) is 88.8 Å². The average Bonchev–Trinajstić information content (AvgIpc) is 3.12. The molecule has 1 amide bonds. The standard InChI is InChI=1S/C19H19F2N7O2/c20-14-8-22-7-12-9-26(5-6-30-17(12)14)18(29)13-2-4-27(10-15(13)21)19-23-3-1-16-24-11-25-28(16)19/h1,3,7-8,11,13,15H,2,4-6,9-10H2/t13?,15-/m0/s1. The first kappa shape index (κ1) is 18.6. The minimum Gasteiger partial charge on any atom is -0.488 e. The number of rotatable bonds is 2. The maximum absolute atomic E-state index is 15.1. The first-order valence-electron chi connectivity index (χ1n) is 9.69. The Labute approximate surface area is 170 Å². The normalized spacial score (nSPS) is 21.8.